The lowest BCUT2D eigenvalue weighted by Gasteiger charge is -2.40. The second-order valence-electron chi connectivity index (χ2n) is 5.16. The van der Waals surface area contributed by atoms with Crippen LogP contribution >= 0.6 is 0 Å². The summed E-state index contributed by atoms with van der Waals surface area (Å²) >= 11 is 0. The van der Waals surface area contributed by atoms with Crippen molar-refractivity contribution in [3.05, 3.63) is 0 Å². The highest BCUT2D eigenvalue weighted by Crippen LogP contribution is 2.17. The van der Waals surface area contributed by atoms with Crippen molar-refractivity contribution in [1.29, 1.82) is 0 Å². The Hall–Kier alpha value is -0.610. The molecule has 17 heavy (non-hydrogen) atoms. The molecule has 2 aliphatic rings. The van der Waals surface area contributed by atoms with Crippen molar-refractivity contribution in [3.63, 3.8) is 0 Å². The smallest absolute Gasteiger partial charge is 0.236 e. The molecule has 2 saturated heterocycles. The molecule has 1 amide bonds. The van der Waals surface area contributed by atoms with Gasteiger partial charge in [-0.2, -0.15) is 0 Å². The van der Waals surface area contributed by atoms with E-state index in [0.717, 1.165) is 39.4 Å². The van der Waals surface area contributed by atoms with Crippen LogP contribution in [0.2, 0.25) is 0 Å². The van der Waals surface area contributed by atoms with E-state index in [9.17, 15) is 4.79 Å². The van der Waals surface area contributed by atoms with Gasteiger partial charge in [-0.1, -0.05) is 6.42 Å². The Morgan fingerprint density at radius 1 is 1.24 bits per heavy atom. The van der Waals surface area contributed by atoms with Crippen LogP contribution in [0.4, 0.5) is 0 Å². The van der Waals surface area contributed by atoms with Gasteiger partial charge in [0, 0.05) is 25.6 Å². The molecule has 98 valence electrons. The maximum absolute atomic E-state index is 12.0. The first-order chi connectivity index (χ1) is 8.29. The molecule has 2 aliphatic heterocycles. The van der Waals surface area contributed by atoms with Crippen LogP contribution in [0, 0.1) is 5.92 Å². The molecule has 4 heteroatoms. The number of hydrogen-bond donors (Lipinski definition) is 0. The third kappa shape index (κ3) is 3.68. The van der Waals surface area contributed by atoms with Crippen molar-refractivity contribution >= 4 is 5.91 Å². The molecule has 2 heterocycles. The van der Waals surface area contributed by atoms with Crippen molar-refractivity contribution in [2.45, 2.75) is 26.2 Å². The number of nitrogens with zero attached hydrogens (tertiary/aromatic N) is 2. The largest absolute Gasteiger partial charge is 0.381 e. The standard InChI is InChI=1S/C13H24N2O2/c1-2-17-11-12-8-15(9-12)13(16)10-14-6-4-3-5-7-14/h12H,2-11H2,1H3. The minimum atomic E-state index is 0.305. The second kappa shape index (κ2) is 6.36. The first kappa shape index (κ1) is 12.8. The van der Waals surface area contributed by atoms with Crippen LogP contribution in [0.15, 0.2) is 0 Å². The molecule has 0 aliphatic carbocycles. The third-order valence-electron chi connectivity index (χ3n) is 3.68. The van der Waals surface area contributed by atoms with E-state index in [4.69, 9.17) is 4.74 Å². The monoisotopic (exact) mass is 240 g/mol. The Balaban J connectivity index is 1.61. The zero-order valence-corrected chi connectivity index (χ0v) is 10.9. The Labute approximate surface area is 104 Å². The summed E-state index contributed by atoms with van der Waals surface area (Å²) in [5, 5.41) is 0. The van der Waals surface area contributed by atoms with Crippen LogP contribution in [0.5, 0.6) is 0 Å². The molecule has 0 bridgehead atoms. The molecule has 0 saturated carbocycles. The van der Waals surface area contributed by atoms with E-state index in [2.05, 4.69) is 4.90 Å². The molecule has 0 aromatic rings. The SMILES string of the molecule is CCOCC1CN(C(=O)CN2CCCCC2)C1. The van der Waals surface area contributed by atoms with Gasteiger partial charge in [-0.25, -0.2) is 0 Å². The number of hydrogen-bond acceptors (Lipinski definition) is 3. The van der Waals surface area contributed by atoms with Crippen molar-refractivity contribution in [3.8, 4) is 0 Å². The molecule has 0 N–H and O–H groups in total. The maximum atomic E-state index is 12.0. The van der Waals surface area contributed by atoms with Gasteiger partial charge < -0.3 is 9.64 Å². The van der Waals surface area contributed by atoms with Gasteiger partial charge in [0.05, 0.1) is 13.2 Å². The molecule has 0 unspecified atom stereocenters. The van der Waals surface area contributed by atoms with Crippen LogP contribution in [0.1, 0.15) is 26.2 Å². The highest BCUT2D eigenvalue weighted by molar-refractivity contribution is 5.79. The van der Waals surface area contributed by atoms with Gasteiger partial charge in [0.15, 0.2) is 0 Å². The molecule has 2 rings (SSSR count). The third-order valence-corrected chi connectivity index (χ3v) is 3.68. The Morgan fingerprint density at radius 3 is 2.59 bits per heavy atom. The Bertz CT molecular complexity index is 246. The zero-order valence-electron chi connectivity index (χ0n) is 10.9. The molecule has 0 aromatic carbocycles. The number of carbonyl (C=O) groups excluding carboxylic acids is 1. The molecule has 2 fully saturated rings. The van der Waals surface area contributed by atoms with E-state index >= 15 is 0 Å². The molecule has 0 aromatic heterocycles. The highest BCUT2D eigenvalue weighted by Gasteiger charge is 2.31. The van der Waals surface area contributed by atoms with Crippen LogP contribution in [0.3, 0.4) is 0 Å². The van der Waals surface area contributed by atoms with Crippen LogP contribution in [-0.2, 0) is 9.53 Å². The van der Waals surface area contributed by atoms with E-state index in [-0.39, 0.29) is 0 Å². The quantitative estimate of drug-likeness (QED) is 0.718. The summed E-state index contributed by atoms with van der Waals surface area (Å²) < 4.78 is 5.37. The fourth-order valence-electron chi connectivity index (χ4n) is 2.57. The predicted molar refractivity (Wildman–Crippen MR) is 66.9 cm³/mol. The first-order valence-electron chi connectivity index (χ1n) is 6.87. The summed E-state index contributed by atoms with van der Waals surface area (Å²) in [4.78, 5) is 16.2. The zero-order chi connectivity index (χ0) is 12.1. The fraction of sp³-hybridized carbons (Fsp3) is 0.923. The summed E-state index contributed by atoms with van der Waals surface area (Å²) in [6, 6.07) is 0. The van der Waals surface area contributed by atoms with E-state index in [0.29, 0.717) is 18.4 Å². The van der Waals surface area contributed by atoms with Gasteiger partial charge in [0.25, 0.3) is 0 Å². The van der Waals surface area contributed by atoms with Gasteiger partial charge >= 0.3 is 0 Å². The van der Waals surface area contributed by atoms with Crippen molar-refractivity contribution in [2.24, 2.45) is 5.92 Å². The number of piperidine rings is 1. The van der Waals surface area contributed by atoms with Gasteiger partial charge in [-0.15, -0.1) is 0 Å². The predicted octanol–water partition coefficient (Wildman–Crippen LogP) is 0.967. The highest BCUT2D eigenvalue weighted by atomic mass is 16.5. The molecule has 0 radical (unpaired) electrons. The van der Waals surface area contributed by atoms with Crippen LogP contribution in [0.25, 0.3) is 0 Å². The maximum Gasteiger partial charge on any atom is 0.236 e. The van der Waals surface area contributed by atoms with Crippen molar-refractivity contribution in [2.75, 3.05) is 45.9 Å². The first-order valence-corrected chi connectivity index (χ1v) is 6.87. The summed E-state index contributed by atoms with van der Waals surface area (Å²) in [6.45, 7) is 8.21. The molecule has 0 spiro atoms. The lowest BCUT2D eigenvalue weighted by Crippen LogP contribution is -2.54. The summed E-state index contributed by atoms with van der Waals surface area (Å²) in [7, 11) is 0. The van der Waals surface area contributed by atoms with Crippen molar-refractivity contribution < 1.29 is 9.53 Å². The topological polar surface area (TPSA) is 32.8 Å². The summed E-state index contributed by atoms with van der Waals surface area (Å²) in [6.07, 6.45) is 3.82. The average molecular weight is 240 g/mol. The minimum absolute atomic E-state index is 0.305. The van der Waals surface area contributed by atoms with E-state index in [1.165, 1.54) is 19.3 Å². The molecule has 0 atom stereocenters. The lowest BCUT2D eigenvalue weighted by atomic mass is 10.0. The lowest BCUT2D eigenvalue weighted by molar-refractivity contribution is -0.140. The number of likely N-dealkylation sites (tertiary alicyclic amines) is 2. The van der Waals surface area contributed by atoms with Gasteiger partial charge in [-0.3, -0.25) is 9.69 Å². The van der Waals surface area contributed by atoms with E-state index < -0.39 is 0 Å². The van der Waals surface area contributed by atoms with Gasteiger partial charge in [0.2, 0.25) is 5.91 Å². The Morgan fingerprint density at radius 2 is 1.94 bits per heavy atom. The van der Waals surface area contributed by atoms with Gasteiger partial charge in [0.1, 0.15) is 0 Å². The van der Waals surface area contributed by atoms with E-state index in [1.807, 2.05) is 11.8 Å². The number of amides is 1. The number of carbonyl (C=O) groups is 1. The number of rotatable bonds is 5. The fourth-order valence-corrected chi connectivity index (χ4v) is 2.57. The minimum Gasteiger partial charge on any atom is -0.381 e. The van der Waals surface area contributed by atoms with E-state index in [1.54, 1.807) is 0 Å². The van der Waals surface area contributed by atoms with Gasteiger partial charge in [-0.05, 0) is 32.9 Å². The second-order valence-corrected chi connectivity index (χ2v) is 5.16. The Kier molecular flexibility index (Phi) is 4.80. The molecular weight excluding hydrogens is 216 g/mol. The molecule has 4 nitrogen and oxygen atoms in total. The summed E-state index contributed by atoms with van der Waals surface area (Å²) in [5.41, 5.74) is 0. The average Bonchev–Trinajstić information content (AvgIpc) is 2.28. The van der Waals surface area contributed by atoms with Crippen LogP contribution < -0.4 is 0 Å². The molecular formula is C13H24N2O2. The van der Waals surface area contributed by atoms with Crippen LogP contribution in [-0.4, -0.2) is 61.6 Å². The summed E-state index contributed by atoms with van der Waals surface area (Å²) in [5.74, 6) is 0.875. The normalized spacial score (nSPS) is 22.5. The number of ether oxygens (including phenoxy) is 1. The van der Waals surface area contributed by atoms with Crippen molar-refractivity contribution in [1.82, 2.24) is 9.80 Å².